The third-order valence-corrected chi connectivity index (χ3v) is 6.09. The summed E-state index contributed by atoms with van der Waals surface area (Å²) >= 11 is 0. The first-order valence-electron chi connectivity index (χ1n) is 8.95. The van der Waals surface area contributed by atoms with Gasteiger partial charge in [-0.1, -0.05) is 0 Å². The average molecular weight is 326 g/mol. The Labute approximate surface area is 140 Å². The average Bonchev–Trinajstić information content (AvgIpc) is 2.98. The molecular formula is C17H22N6O. The fourth-order valence-electron chi connectivity index (χ4n) is 5.37. The van der Waals surface area contributed by atoms with E-state index in [-0.39, 0.29) is 6.03 Å². The van der Waals surface area contributed by atoms with E-state index in [1.165, 1.54) is 32.1 Å². The molecule has 4 saturated carbocycles. The Kier molecular flexibility index (Phi) is 3.21. The van der Waals surface area contributed by atoms with Gasteiger partial charge in [0.1, 0.15) is 0 Å². The largest absolute Gasteiger partial charge is 0.335 e. The van der Waals surface area contributed by atoms with E-state index in [2.05, 4.69) is 25.7 Å². The zero-order valence-electron chi connectivity index (χ0n) is 13.6. The Morgan fingerprint density at radius 3 is 2.62 bits per heavy atom. The van der Waals surface area contributed by atoms with Crippen LogP contribution < -0.4 is 10.6 Å². The Balaban J connectivity index is 1.20. The number of nitrogens with one attached hydrogen (secondary N) is 2. The van der Waals surface area contributed by atoms with E-state index < -0.39 is 0 Å². The lowest BCUT2D eigenvalue weighted by Gasteiger charge is -2.54. The van der Waals surface area contributed by atoms with E-state index in [9.17, 15) is 4.79 Å². The van der Waals surface area contributed by atoms with Gasteiger partial charge in [0.05, 0.1) is 6.54 Å². The molecule has 24 heavy (non-hydrogen) atoms. The second-order valence-corrected chi connectivity index (χ2v) is 7.68. The molecule has 0 unspecified atom stereocenters. The van der Waals surface area contributed by atoms with Crippen molar-refractivity contribution in [3.05, 3.63) is 24.3 Å². The number of hydrogen-bond donors (Lipinski definition) is 2. The Morgan fingerprint density at radius 2 is 1.92 bits per heavy atom. The van der Waals surface area contributed by atoms with Gasteiger partial charge < -0.3 is 10.6 Å². The molecule has 0 saturated heterocycles. The van der Waals surface area contributed by atoms with Gasteiger partial charge in [-0.2, -0.15) is 4.98 Å². The highest BCUT2D eigenvalue weighted by Gasteiger charge is 2.48. The number of amides is 2. The van der Waals surface area contributed by atoms with E-state index in [1.807, 2.05) is 0 Å². The second-order valence-electron chi connectivity index (χ2n) is 7.68. The SMILES string of the molecule is O=C(NCc1nc2ncccn2n1)NC1C2CC3CC(C2)CC1C3. The van der Waals surface area contributed by atoms with E-state index in [0.717, 1.165) is 11.8 Å². The highest BCUT2D eigenvalue weighted by atomic mass is 16.2. The van der Waals surface area contributed by atoms with Crippen LogP contribution in [0.1, 0.15) is 37.9 Å². The molecule has 0 aliphatic heterocycles. The van der Waals surface area contributed by atoms with Crippen molar-refractivity contribution < 1.29 is 4.79 Å². The zero-order chi connectivity index (χ0) is 16.1. The van der Waals surface area contributed by atoms with Gasteiger partial charge in [-0.05, 0) is 61.8 Å². The lowest BCUT2D eigenvalue weighted by Crippen LogP contribution is -2.57. The molecular weight excluding hydrogens is 304 g/mol. The number of fused-ring (bicyclic) bond motifs is 1. The summed E-state index contributed by atoms with van der Waals surface area (Å²) < 4.78 is 1.62. The van der Waals surface area contributed by atoms with Crippen molar-refractivity contribution in [3.63, 3.8) is 0 Å². The van der Waals surface area contributed by atoms with Gasteiger partial charge in [0, 0.05) is 18.4 Å². The quantitative estimate of drug-likeness (QED) is 0.900. The highest BCUT2D eigenvalue weighted by Crippen LogP contribution is 2.53. The van der Waals surface area contributed by atoms with Crippen molar-refractivity contribution in [2.24, 2.45) is 23.7 Å². The molecule has 0 radical (unpaired) electrons. The topological polar surface area (TPSA) is 84.2 Å². The lowest BCUT2D eigenvalue weighted by atomic mass is 9.54. The minimum Gasteiger partial charge on any atom is -0.335 e. The van der Waals surface area contributed by atoms with Crippen LogP contribution in [0.3, 0.4) is 0 Å². The maximum atomic E-state index is 12.3. The van der Waals surface area contributed by atoms with Gasteiger partial charge >= 0.3 is 6.03 Å². The van der Waals surface area contributed by atoms with Gasteiger partial charge in [0.15, 0.2) is 5.82 Å². The number of carbonyl (C=O) groups is 1. The van der Waals surface area contributed by atoms with Crippen molar-refractivity contribution in [3.8, 4) is 0 Å². The van der Waals surface area contributed by atoms with Gasteiger partial charge in [0.2, 0.25) is 0 Å². The maximum Gasteiger partial charge on any atom is 0.315 e. The summed E-state index contributed by atoms with van der Waals surface area (Å²) in [5, 5.41) is 10.4. The molecule has 2 N–H and O–H groups in total. The van der Waals surface area contributed by atoms with Crippen LogP contribution in [0.25, 0.3) is 5.78 Å². The molecule has 2 heterocycles. The summed E-state index contributed by atoms with van der Waals surface area (Å²) in [7, 11) is 0. The second kappa shape index (κ2) is 5.43. The van der Waals surface area contributed by atoms with E-state index in [0.29, 0.717) is 36.0 Å². The van der Waals surface area contributed by atoms with Gasteiger partial charge in [-0.3, -0.25) is 0 Å². The molecule has 7 nitrogen and oxygen atoms in total. The van der Waals surface area contributed by atoms with Crippen molar-refractivity contribution in [1.29, 1.82) is 0 Å². The Hall–Kier alpha value is -2.18. The molecule has 6 rings (SSSR count). The predicted octanol–water partition coefficient (Wildman–Crippen LogP) is 1.75. The maximum absolute atomic E-state index is 12.3. The van der Waals surface area contributed by atoms with E-state index >= 15 is 0 Å². The summed E-state index contributed by atoms with van der Waals surface area (Å²) in [4.78, 5) is 20.8. The predicted molar refractivity (Wildman–Crippen MR) is 87.0 cm³/mol. The number of hydrogen-bond acceptors (Lipinski definition) is 4. The van der Waals surface area contributed by atoms with Crippen LogP contribution in [-0.2, 0) is 6.54 Å². The van der Waals surface area contributed by atoms with Gasteiger partial charge in [-0.15, -0.1) is 5.10 Å². The van der Waals surface area contributed by atoms with Crippen LogP contribution in [-0.4, -0.2) is 31.7 Å². The molecule has 4 fully saturated rings. The first-order chi connectivity index (χ1) is 11.7. The van der Waals surface area contributed by atoms with E-state index in [1.54, 1.807) is 23.0 Å². The lowest BCUT2D eigenvalue weighted by molar-refractivity contribution is -0.00943. The third-order valence-electron chi connectivity index (χ3n) is 6.09. The highest BCUT2D eigenvalue weighted by molar-refractivity contribution is 5.74. The van der Waals surface area contributed by atoms with Crippen molar-refractivity contribution in [2.45, 2.75) is 44.7 Å². The number of rotatable bonds is 3. The molecule has 2 amide bonds. The van der Waals surface area contributed by atoms with Crippen LogP contribution in [0.2, 0.25) is 0 Å². The third kappa shape index (κ3) is 2.42. The number of aromatic nitrogens is 4. The Bertz CT molecular complexity index is 710. The first-order valence-corrected chi connectivity index (χ1v) is 8.95. The minimum absolute atomic E-state index is 0.0979. The molecule has 0 spiro atoms. The normalized spacial score (nSPS) is 33.8. The Morgan fingerprint density at radius 1 is 1.17 bits per heavy atom. The molecule has 4 aliphatic rings. The summed E-state index contributed by atoms with van der Waals surface area (Å²) in [6.45, 7) is 0.322. The van der Waals surface area contributed by atoms with Crippen molar-refractivity contribution in [1.82, 2.24) is 30.2 Å². The summed E-state index contributed by atoms with van der Waals surface area (Å²) in [5.74, 6) is 4.34. The molecule has 2 aromatic heterocycles. The van der Waals surface area contributed by atoms with Crippen LogP contribution in [0.5, 0.6) is 0 Å². The molecule has 4 aliphatic carbocycles. The number of nitrogens with zero attached hydrogens (tertiary/aromatic N) is 4. The molecule has 4 bridgehead atoms. The van der Waals surface area contributed by atoms with Crippen molar-refractivity contribution >= 4 is 11.8 Å². The number of carbonyl (C=O) groups excluding carboxylic acids is 1. The molecule has 7 heteroatoms. The van der Waals surface area contributed by atoms with E-state index in [4.69, 9.17) is 0 Å². The molecule has 0 atom stereocenters. The summed E-state index contributed by atoms with van der Waals surface area (Å²) in [6, 6.07) is 2.06. The van der Waals surface area contributed by atoms with Gasteiger partial charge in [-0.25, -0.2) is 14.3 Å². The monoisotopic (exact) mass is 326 g/mol. The fraction of sp³-hybridized carbons (Fsp3) is 0.647. The zero-order valence-corrected chi connectivity index (χ0v) is 13.6. The number of urea groups is 1. The van der Waals surface area contributed by atoms with Gasteiger partial charge in [0.25, 0.3) is 5.78 Å². The van der Waals surface area contributed by atoms with Crippen LogP contribution in [0.15, 0.2) is 18.5 Å². The summed E-state index contributed by atoms with van der Waals surface area (Å²) in [6.07, 6.45) is 10.1. The molecule has 0 aromatic carbocycles. The van der Waals surface area contributed by atoms with Crippen LogP contribution in [0.4, 0.5) is 4.79 Å². The molecule has 126 valence electrons. The first kappa shape index (κ1) is 14.2. The van der Waals surface area contributed by atoms with Crippen LogP contribution in [0, 0.1) is 23.7 Å². The van der Waals surface area contributed by atoms with Crippen LogP contribution >= 0.6 is 0 Å². The molecule has 2 aromatic rings. The standard InChI is InChI=1S/C17H22N6O/c24-17(19-9-14-20-16-18-2-1-3-23(16)22-14)21-15-12-5-10-4-11(7-12)8-13(15)6-10/h1-3,10-13,15H,4-9H2,(H2,19,21,24). The van der Waals surface area contributed by atoms with Crippen molar-refractivity contribution in [2.75, 3.05) is 0 Å². The minimum atomic E-state index is -0.0979. The fourth-order valence-corrected chi connectivity index (χ4v) is 5.37. The summed E-state index contributed by atoms with van der Waals surface area (Å²) in [5.41, 5.74) is 0. The smallest absolute Gasteiger partial charge is 0.315 e.